The number of aromatic nitrogens is 1. The summed E-state index contributed by atoms with van der Waals surface area (Å²) >= 11 is 0. The fourth-order valence-electron chi connectivity index (χ4n) is 2.74. The Balaban J connectivity index is 2.18. The highest BCUT2D eigenvalue weighted by molar-refractivity contribution is 5.43. The van der Waals surface area contributed by atoms with E-state index in [2.05, 4.69) is 30.6 Å². The lowest BCUT2D eigenvalue weighted by atomic mass is 10.1. The molecular weight excluding hydrogens is 238 g/mol. The fourth-order valence-corrected chi connectivity index (χ4v) is 2.74. The maximum Gasteiger partial charge on any atom is 0.129 e. The zero-order valence-corrected chi connectivity index (χ0v) is 12.3. The highest BCUT2D eigenvalue weighted by atomic mass is 16.3. The molecule has 1 fully saturated rings. The monoisotopic (exact) mass is 263 g/mol. The predicted octanol–water partition coefficient (Wildman–Crippen LogP) is 1.67. The topological polar surface area (TPSA) is 39.6 Å². The van der Waals surface area contributed by atoms with Crippen molar-refractivity contribution in [3.05, 3.63) is 23.4 Å². The highest BCUT2D eigenvalue weighted by Crippen LogP contribution is 2.19. The van der Waals surface area contributed by atoms with Crippen LogP contribution < -0.4 is 4.90 Å². The van der Waals surface area contributed by atoms with Crippen molar-refractivity contribution >= 4 is 5.82 Å². The Morgan fingerprint density at radius 1 is 1.32 bits per heavy atom. The molecule has 2 heterocycles. The summed E-state index contributed by atoms with van der Waals surface area (Å²) < 4.78 is 0. The fraction of sp³-hybridized carbons (Fsp3) is 0.667. The van der Waals surface area contributed by atoms with Crippen LogP contribution >= 0.6 is 0 Å². The van der Waals surface area contributed by atoms with Gasteiger partial charge >= 0.3 is 0 Å². The standard InChI is InChI=1S/C15H25N3O/c1-4-14-8-13(11-19)9-15(16-14)18-7-6-17(5-2)12(3)10-18/h8-9,12,19H,4-7,10-11H2,1-3H3. The molecule has 1 atom stereocenters. The zero-order chi connectivity index (χ0) is 13.8. The molecule has 1 saturated heterocycles. The third kappa shape index (κ3) is 3.25. The molecule has 0 saturated carbocycles. The van der Waals surface area contributed by atoms with E-state index in [-0.39, 0.29) is 6.61 Å². The number of likely N-dealkylation sites (N-methyl/N-ethyl adjacent to an activating group) is 1. The predicted molar refractivity (Wildman–Crippen MR) is 78.5 cm³/mol. The number of piperazine rings is 1. The second-order valence-electron chi connectivity index (χ2n) is 5.26. The molecule has 0 bridgehead atoms. The Hall–Kier alpha value is -1.13. The van der Waals surface area contributed by atoms with E-state index in [1.807, 2.05) is 12.1 Å². The van der Waals surface area contributed by atoms with Crippen LogP contribution in [0.25, 0.3) is 0 Å². The molecule has 0 aromatic carbocycles. The first-order valence-electron chi connectivity index (χ1n) is 7.27. The summed E-state index contributed by atoms with van der Waals surface area (Å²) in [7, 11) is 0. The van der Waals surface area contributed by atoms with E-state index >= 15 is 0 Å². The number of hydrogen-bond acceptors (Lipinski definition) is 4. The molecule has 1 aliphatic heterocycles. The SMILES string of the molecule is CCc1cc(CO)cc(N2CCN(CC)C(C)C2)n1. The number of nitrogens with zero attached hydrogens (tertiary/aromatic N) is 3. The van der Waals surface area contributed by atoms with E-state index < -0.39 is 0 Å². The van der Waals surface area contributed by atoms with Crippen molar-refractivity contribution in [1.29, 1.82) is 0 Å². The molecule has 1 aromatic rings. The Morgan fingerprint density at radius 2 is 2.11 bits per heavy atom. The van der Waals surface area contributed by atoms with E-state index in [1.165, 1.54) is 0 Å². The molecule has 19 heavy (non-hydrogen) atoms. The van der Waals surface area contributed by atoms with Crippen LogP contribution in [0.5, 0.6) is 0 Å². The van der Waals surface area contributed by atoms with E-state index in [0.717, 1.165) is 49.7 Å². The molecule has 1 aliphatic rings. The molecule has 0 aliphatic carbocycles. The summed E-state index contributed by atoms with van der Waals surface area (Å²) in [6, 6.07) is 4.58. The first-order valence-corrected chi connectivity index (χ1v) is 7.27. The van der Waals surface area contributed by atoms with Crippen LogP contribution in [-0.2, 0) is 13.0 Å². The van der Waals surface area contributed by atoms with Crippen LogP contribution in [0.3, 0.4) is 0 Å². The van der Waals surface area contributed by atoms with E-state index in [1.54, 1.807) is 0 Å². The second kappa shape index (κ2) is 6.35. The lowest BCUT2D eigenvalue weighted by Gasteiger charge is -2.40. The summed E-state index contributed by atoms with van der Waals surface area (Å²) in [5.74, 6) is 1.02. The Morgan fingerprint density at radius 3 is 2.68 bits per heavy atom. The Kier molecular flexibility index (Phi) is 4.77. The summed E-state index contributed by atoms with van der Waals surface area (Å²) in [5, 5.41) is 9.36. The van der Waals surface area contributed by atoms with Crippen molar-refractivity contribution < 1.29 is 5.11 Å². The number of pyridine rings is 1. The molecule has 1 N–H and O–H groups in total. The van der Waals surface area contributed by atoms with Gasteiger partial charge in [0.05, 0.1) is 6.61 Å². The molecule has 0 radical (unpaired) electrons. The van der Waals surface area contributed by atoms with Crippen molar-refractivity contribution in [3.63, 3.8) is 0 Å². The number of hydrogen-bond donors (Lipinski definition) is 1. The van der Waals surface area contributed by atoms with Gasteiger partial charge in [-0.05, 0) is 37.6 Å². The first-order chi connectivity index (χ1) is 9.17. The molecule has 0 spiro atoms. The van der Waals surface area contributed by atoms with Crippen LogP contribution in [0.4, 0.5) is 5.82 Å². The van der Waals surface area contributed by atoms with Gasteiger partial charge in [0.2, 0.25) is 0 Å². The number of aryl methyl sites for hydroxylation is 1. The van der Waals surface area contributed by atoms with E-state index in [9.17, 15) is 5.11 Å². The van der Waals surface area contributed by atoms with Crippen LogP contribution in [0, 0.1) is 0 Å². The first kappa shape index (κ1) is 14.3. The van der Waals surface area contributed by atoms with Gasteiger partial charge in [0.1, 0.15) is 5.82 Å². The van der Waals surface area contributed by atoms with Crippen LogP contribution in [0.2, 0.25) is 0 Å². The highest BCUT2D eigenvalue weighted by Gasteiger charge is 2.23. The minimum absolute atomic E-state index is 0.0903. The number of aliphatic hydroxyl groups excluding tert-OH is 1. The molecule has 106 valence electrons. The molecule has 1 unspecified atom stereocenters. The number of aliphatic hydroxyl groups is 1. The number of anilines is 1. The second-order valence-corrected chi connectivity index (χ2v) is 5.26. The van der Waals surface area contributed by atoms with E-state index in [0.29, 0.717) is 6.04 Å². The van der Waals surface area contributed by atoms with Gasteiger partial charge in [-0.2, -0.15) is 0 Å². The van der Waals surface area contributed by atoms with Crippen LogP contribution in [0.1, 0.15) is 32.0 Å². The summed E-state index contributed by atoms with van der Waals surface area (Å²) in [5.41, 5.74) is 2.03. The third-order valence-electron chi connectivity index (χ3n) is 3.96. The minimum Gasteiger partial charge on any atom is -0.392 e. The van der Waals surface area contributed by atoms with Crippen molar-refractivity contribution in [2.45, 2.75) is 39.8 Å². The molecule has 0 amide bonds. The van der Waals surface area contributed by atoms with Gasteiger partial charge in [-0.15, -0.1) is 0 Å². The average Bonchev–Trinajstić information content (AvgIpc) is 2.46. The summed E-state index contributed by atoms with van der Waals surface area (Å²) in [6.07, 6.45) is 0.908. The van der Waals surface area contributed by atoms with Crippen molar-refractivity contribution in [1.82, 2.24) is 9.88 Å². The zero-order valence-electron chi connectivity index (χ0n) is 12.3. The molecular formula is C15H25N3O. The smallest absolute Gasteiger partial charge is 0.129 e. The summed E-state index contributed by atoms with van der Waals surface area (Å²) in [6.45, 7) is 10.9. The largest absolute Gasteiger partial charge is 0.392 e. The van der Waals surface area contributed by atoms with Crippen molar-refractivity contribution in [2.24, 2.45) is 0 Å². The maximum absolute atomic E-state index is 9.36. The number of rotatable bonds is 4. The Bertz CT molecular complexity index is 400. The molecule has 2 rings (SSSR count). The van der Waals surface area contributed by atoms with Gasteiger partial charge < -0.3 is 10.0 Å². The van der Waals surface area contributed by atoms with Gasteiger partial charge in [0, 0.05) is 31.4 Å². The van der Waals surface area contributed by atoms with E-state index in [4.69, 9.17) is 4.98 Å². The van der Waals surface area contributed by atoms with Gasteiger partial charge in [-0.25, -0.2) is 4.98 Å². The molecule has 4 nitrogen and oxygen atoms in total. The average molecular weight is 263 g/mol. The minimum atomic E-state index is 0.0903. The van der Waals surface area contributed by atoms with Crippen LogP contribution in [-0.4, -0.2) is 47.2 Å². The maximum atomic E-state index is 9.36. The van der Waals surface area contributed by atoms with Crippen molar-refractivity contribution in [3.8, 4) is 0 Å². The quantitative estimate of drug-likeness (QED) is 0.897. The van der Waals surface area contributed by atoms with Gasteiger partial charge in [0.15, 0.2) is 0 Å². The molecule has 1 aromatic heterocycles. The molecule has 4 heteroatoms. The van der Waals surface area contributed by atoms with Gasteiger partial charge in [-0.3, -0.25) is 4.90 Å². The van der Waals surface area contributed by atoms with Crippen molar-refractivity contribution in [2.75, 3.05) is 31.1 Å². The van der Waals surface area contributed by atoms with Gasteiger partial charge in [0.25, 0.3) is 0 Å². The third-order valence-corrected chi connectivity index (χ3v) is 3.96. The van der Waals surface area contributed by atoms with Gasteiger partial charge in [-0.1, -0.05) is 13.8 Å². The summed E-state index contributed by atoms with van der Waals surface area (Å²) in [4.78, 5) is 9.54. The lowest BCUT2D eigenvalue weighted by Crippen LogP contribution is -2.52. The Labute approximate surface area is 116 Å². The normalized spacial score (nSPS) is 20.8. The van der Waals surface area contributed by atoms with Crippen LogP contribution in [0.15, 0.2) is 12.1 Å². The lowest BCUT2D eigenvalue weighted by molar-refractivity contribution is 0.199.